The van der Waals surface area contributed by atoms with Crippen LogP contribution in [-0.4, -0.2) is 16.1 Å². The molecule has 1 rings (SSSR count). The SMILES string of the molecule is CCCCCCCCCCn1cnc(CNCC(C)C)c1. The van der Waals surface area contributed by atoms with E-state index in [0.29, 0.717) is 5.92 Å². The van der Waals surface area contributed by atoms with E-state index in [2.05, 4.69) is 41.8 Å². The van der Waals surface area contributed by atoms with Crippen molar-refractivity contribution >= 4 is 0 Å². The molecule has 21 heavy (non-hydrogen) atoms. The van der Waals surface area contributed by atoms with Crippen molar-refractivity contribution in [3.8, 4) is 0 Å². The number of hydrogen-bond donors (Lipinski definition) is 1. The molecule has 0 radical (unpaired) electrons. The molecule has 122 valence electrons. The summed E-state index contributed by atoms with van der Waals surface area (Å²) < 4.78 is 2.24. The monoisotopic (exact) mass is 293 g/mol. The van der Waals surface area contributed by atoms with Crippen LogP contribution in [0.3, 0.4) is 0 Å². The molecule has 0 aliphatic heterocycles. The minimum Gasteiger partial charge on any atom is -0.337 e. The molecule has 0 saturated heterocycles. The van der Waals surface area contributed by atoms with Crippen LogP contribution in [0, 0.1) is 5.92 Å². The molecule has 1 heterocycles. The van der Waals surface area contributed by atoms with Crippen molar-refractivity contribution < 1.29 is 0 Å². The second-order valence-corrected chi connectivity index (χ2v) is 6.60. The average Bonchev–Trinajstić information content (AvgIpc) is 2.89. The number of nitrogens with zero attached hydrogens (tertiary/aromatic N) is 2. The molecule has 0 saturated carbocycles. The van der Waals surface area contributed by atoms with Crippen LogP contribution in [0.1, 0.15) is 77.8 Å². The first-order valence-corrected chi connectivity index (χ1v) is 8.93. The predicted molar refractivity (Wildman–Crippen MR) is 91.4 cm³/mol. The Bertz CT molecular complexity index is 344. The van der Waals surface area contributed by atoms with Gasteiger partial charge in [-0.3, -0.25) is 0 Å². The number of aromatic nitrogens is 2. The normalized spacial score (nSPS) is 11.4. The van der Waals surface area contributed by atoms with Crippen LogP contribution >= 0.6 is 0 Å². The van der Waals surface area contributed by atoms with E-state index < -0.39 is 0 Å². The molecule has 3 nitrogen and oxygen atoms in total. The first kappa shape index (κ1) is 18.2. The molecule has 3 heteroatoms. The molecule has 1 aromatic rings. The Morgan fingerprint density at radius 1 is 1.05 bits per heavy atom. The first-order chi connectivity index (χ1) is 10.2. The zero-order valence-corrected chi connectivity index (χ0v) is 14.4. The van der Waals surface area contributed by atoms with E-state index >= 15 is 0 Å². The Hall–Kier alpha value is -0.830. The Morgan fingerprint density at radius 2 is 1.71 bits per heavy atom. The third-order valence-electron chi connectivity index (χ3n) is 3.82. The third kappa shape index (κ3) is 9.67. The van der Waals surface area contributed by atoms with Gasteiger partial charge in [-0.05, 0) is 18.9 Å². The van der Waals surface area contributed by atoms with Gasteiger partial charge in [-0.25, -0.2) is 4.98 Å². The van der Waals surface area contributed by atoms with Gasteiger partial charge in [0.15, 0.2) is 0 Å². The highest BCUT2D eigenvalue weighted by atomic mass is 15.0. The van der Waals surface area contributed by atoms with Crippen molar-refractivity contribution in [1.29, 1.82) is 0 Å². The van der Waals surface area contributed by atoms with Crippen LogP contribution in [0.5, 0.6) is 0 Å². The van der Waals surface area contributed by atoms with E-state index in [9.17, 15) is 0 Å². The number of unbranched alkanes of at least 4 members (excludes halogenated alkanes) is 7. The molecular formula is C18H35N3. The van der Waals surface area contributed by atoms with Crippen molar-refractivity contribution in [2.24, 2.45) is 5.92 Å². The van der Waals surface area contributed by atoms with Gasteiger partial charge in [0, 0.05) is 19.3 Å². The second kappa shape index (κ2) is 11.8. The second-order valence-electron chi connectivity index (χ2n) is 6.60. The quantitative estimate of drug-likeness (QED) is 0.531. The predicted octanol–water partition coefficient (Wildman–Crippen LogP) is 4.77. The summed E-state index contributed by atoms with van der Waals surface area (Å²) in [4.78, 5) is 4.46. The molecule has 0 bridgehead atoms. The van der Waals surface area contributed by atoms with E-state index in [-0.39, 0.29) is 0 Å². The van der Waals surface area contributed by atoms with E-state index in [0.717, 1.165) is 25.3 Å². The molecule has 0 amide bonds. The van der Waals surface area contributed by atoms with E-state index in [4.69, 9.17) is 0 Å². The lowest BCUT2D eigenvalue weighted by atomic mass is 10.1. The van der Waals surface area contributed by atoms with Crippen molar-refractivity contribution in [3.05, 3.63) is 18.2 Å². The highest BCUT2D eigenvalue weighted by molar-refractivity contribution is 4.96. The van der Waals surface area contributed by atoms with Crippen molar-refractivity contribution in [2.75, 3.05) is 6.54 Å². The Morgan fingerprint density at radius 3 is 2.38 bits per heavy atom. The van der Waals surface area contributed by atoms with Crippen LogP contribution < -0.4 is 5.32 Å². The van der Waals surface area contributed by atoms with Crippen LogP contribution in [-0.2, 0) is 13.1 Å². The Balaban J connectivity index is 2.01. The lowest BCUT2D eigenvalue weighted by molar-refractivity contribution is 0.541. The average molecular weight is 293 g/mol. The largest absolute Gasteiger partial charge is 0.337 e. The van der Waals surface area contributed by atoms with Crippen LogP contribution in [0.4, 0.5) is 0 Å². The molecule has 0 unspecified atom stereocenters. The smallest absolute Gasteiger partial charge is 0.0949 e. The summed E-state index contributed by atoms with van der Waals surface area (Å²) in [5.74, 6) is 0.699. The highest BCUT2D eigenvalue weighted by Crippen LogP contribution is 2.09. The summed E-state index contributed by atoms with van der Waals surface area (Å²) in [6.07, 6.45) is 15.2. The minimum atomic E-state index is 0.699. The van der Waals surface area contributed by atoms with Crippen LogP contribution in [0.2, 0.25) is 0 Å². The maximum atomic E-state index is 4.46. The third-order valence-corrected chi connectivity index (χ3v) is 3.82. The molecule has 0 fully saturated rings. The Kier molecular flexibility index (Phi) is 10.2. The number of rotatable bonds is 13. The van der Waals surface area contributed by atoms with E-state index in [1.54, 1.807) is 0 Å². The number of nitrogens with one attached hydrogen (secondary N) is 1. The summed E-state index contributed by atoms with van der Waals surface area (Å²) in [5.41, 5.74) is 1.16. The van der Waals surface area contributed by atoms with Crippen LogP contribution in [0.25, 0.3) is 0 Å². The van der Waals surface area contributed by atoms with Gasteiger partial charge >= 0.3 is 0 Å². The fraction of sp³-hybridized carbons (Fsp3) is 0.833. The van der Waals surface area contributed by atoms with Crippen molar-refractivity contribution in [3.63, 3.8) is 0 Å². The molecular weight excluding hydrogens is 258 g/mol. The van der Waals surface area contributed by atoms with Gasteiger partial charge in [0.05, 0.1) is 12.0 Å². The molecule has 0 aromatic carbocycles. The number of hydrogen-bond acceptors (Lipinski definition) is 2. The number of aryl methyl sites for hydroxylation is 1. The van der Waals surface area contributed by atoms with Gasteiger partial charge in [-0.15, -0.1) is 0 Å². The fourth-order valence-corrected chi connectivity index (χ4v) is 2.54. The molecule has 1 aromatic heterocycles. The summed E-state index contributed by atoms with van der Waals surface area (Å²) in [5, 5.41) is 3.44. The summed E-state index contributed by atoms with van der Waals surface area (Å²) >= 11 is 0. The molecule has 0 spiro atoms. The topological polar surface area (TPSA) is 29.9 Å². The van der Waals surface area contributed by atoms with Gasteiger partial charge in [0.2, 0.25) is 0 Å². The van der Waals surface area contributed by atoms with E-state index in [1.807, 2.05) is 6.33 Å². The van der Waals surface area contributed by atoms with Gasteiger partial charge in [0.25, 0.3) is 0 Å². The summed E-state index contributed by atoms with van der Waals surface area (Å²) in [6.45, 7) is 9.80. The first-order valence-electron chi connectivity index (χ1n) is 8.93. The molecule has 0 aliphatic rings. The molecule has 0 aliphatic carbocycles. The van der Waals surface area contributed by atoms with Crippen LogP contribution in [0.15, 0.2) is 12.5 Å². The Labute approximate surface area is 131 Å². The highest BCUT2D eigenvalue weighted by Gasteiger charge is 2.00. The zero-order chi connectivity index (χ0) is 15.3. The van der Waals surface area contributed by atoms with Gasteiger partial charge in [-0.2, -0.15) is 0 Å². The summed E-state index contributed by atoms with van der Waals surface area (Å²) in [6, 6.07) is 0. The zero-order valence-electron chi connectivity index (χ0n) is 14.4. The maximum absolute atomic E-state index is 4.46. The lowest BCUT2D eigenvalue weighted by Gasteiger charge is -2.05. The standard InChI is InChI=1S/C18H35N3/c1-4-5-6-7-8-9-10-11-12-21-15-18(20-16-21)14-19-13-17(2)3/h15-17,19H,4-14H2,1-3H3. The van der Waals surface area contributed by atoms with Crippen molar-refractivity contribution in [1.82, 2.24) is 14.9 Å². The van der Waals surface area contributed by atoms with Gasteiger partial charge < -0.3 is 9.88 Å². The molecule has 1 N–H and O–H groups in total. The van der Waals surface area contributed by atoms with Gasteiger partial charge in [0.1, 0.15) is 0 Å². The molecule has 0 atom stereocenters. The van der Waals surface area contributed by atoms with E-state index in [1.165, 1.54) is 51.4 Å². The van der Waals surface area contributed by atoms with Crippen molar-refractivity contribution in [2.45, 2.75) is 85.2 Å². The summed E-state index contributed by atoms with van der Waals surface area (Å²) in [7, 11) is 0. The number of imidazole rings is 1. The van der Waals surface area contributed by atoms with Gasteiger partial charge in [-0.1, -0.05) is 65.7 Å². The minimum absolute atomic E-state index is 0.699. The lowest BCUT2D eigenvalue weighted by Crippen LogP contribution is -2.19. The maximum Gasteiger partial charge on any atom is 0.0949 e. The fourth-order valence-electron chi connectivity index (χ4n) is 2.54.